The van der Waals surface area contributed by atoms with Gasteiger partial charge in [0.15, 0.2) is 16.1 Å². The molecule has 2 aromatic carbocycles. The van der Waals surface area contributed by atoms with Gasteiger partial charge < -0.3 is 14.5 Å². The second-order valence-electron chi connectivity index (χ2n) is 7.15. The van der Waals surface area contributed by atoms with Crippen LogP contribution in [0.2, 0.25) is 5.15 Å². The average molecular weight is 484 g/mol. The molecule has 7 nitrogen and oxygen atoms in total. The van der Waals surface area contributed by atoms with Crippen molar-refractivity contribution in [3.63, 3.8) is 0 Å². The maximum absolute atomic E-state index is 12.5. The van der Waals surface area contributed by atoms with Crippen LogP contribution in [-0.4, -0.2) is 50.9 Å². The van der Waals surface area contributed by atoms with Gasteiger partial charge in [0.1, 0.15) is 11.5 Å². The van der Waals surface area contributed by atoms with E-state index in [2.05, 4.69) is 23.5 Å². The number of rotatable bonds is 4. The predicted molar refractivity (Wildman–Crippen MR) is 130 cm³/mol. The van der Waals surface area contributed by atoms with Crippen molar-refractivity contribution in [3.05, 3.63) is 70.2 Å². The van der Waals surface area contributed by atoms with Crippen LogP contribution in [0.3, 0.4) is 0 Å². The molecule has 3 aromatic rings. The molecule has 0 atom stereocenters. The summed E-state index contributed by atoms with van der Waals surface area (Å²) < 4.78 is 14.2. The van der Waals surface area contributed by atoms with E-state index in [0.717, 1.165) is 60.2 Å². The van der Waals surface area contributed by atoms with Gasteiger partial charge in [0.25, 0.3) is 5.91 Å². The number of hydrogen-bond donors (Lipinski definition) is 0. The highest BCUT2D eigenvalue weighted by Crippen LogP contribution is 2.32. The molecule has 162 valence electrons. The van der Waals surface area contributed by atoms with Gasteiger partial charge in [-0.25, -0.2) is 0 Å². The number of anilines is 1. The molecule has 0 spiro atoms. The second-order valence-corrected chi connectivity index (χ2v) is 9.05. The number of halogens is 1. The average Bonchev–Trinajstić information content (AvgIpc) is 3.40. The summed E-state index contributed by atoms with van der Waals surface area (Å²) in [7, 11) is 0. The maximum atomic E-state index is 12.5. The third-order valence-corrected chi connectivity index (χ3v) is 6.94. The van der Waals surface area contributed by atoms with Gasteiger partial charge in [-0.2, -0.15) is 13.7 Å². The van der Waals surface area contributed by atoms with Gasteiger partial charge in [-0.3, -0.25) is 4.79 Å². The first-order valence-electron chi connectivity index (χ1n) is 9.99. The van der Waals surface area contributed by atoms with E-state index in [-0.39, 0.29) is 5.91 Å². The quantitative estimate of drug-likeness (QED) is 0.494. The van der Waals surface area contributed by atoms with Gasteiger partial charge in [0.05, 0.1) is 16.6 Å². The van der Waals surface area contributed by atoms with Crippen molar-refractivity contribution in [1.82, 2.24) is 13.6 Å². The monoisotopic (exact) mass is 483 g/mol. The minimum absolute atomic E-state index is 0.214. The van der Waals surface area contributed by atoms with Gasteiger partial charge in [-0.1, -0.05) is 41.9 Å². The van der Waals surface area contributed by atoms with Crippen molar-refractivity contribution in [2.45, 2.75) is 0 Å². The Hall–Kier alpha value is -2.88. The molecule has 0 radical (unpaired) electrons. The fourth-order valence-electron chi connectivity index (χ4n) is 3.45. The van der Waals surface area contributed by atoms with Gasteiger partial charge >= 0.3 is 0 Å². The van der Waals surface area contributed by atoms with Crippen LogP contribution in [-0.2, 0) is 4.79 Å². The third-order valence-electron chi connectivity index (χ3n) is 5.03. The summed E-state index contributed by atoms with van der Waals surface area (Å²) in [5.74, 6) is 2.00. The number of hydrogen-bond acceptors (Lipinski definition) is 8. The Kier molecular flexibility index (Phi) is 6.11. The van der Waals surface area contributed by atoms with E-state index in [1.807, 2.05) is 60.7 Å². The minimum atomic E-state index is -0.214. The molecule has 0 unspecified atom stereocenters. The number of piperazine rings is 1. The van der Waals surface area contributed by atoms with E-state index in [0.29, 0.717) is 15.8 Å². The summed E-state index contributed by atoms with van der Waals surface area (Å²) in [4.78, 5) is 21.6. The number of amides is 1. The Morgan fingerprint density at radius 1 is 0.938 bits per heavy atom. The Bertz CT molecular complexity index is 1190. The smallest absolute Gasteiger partial charge is 0.286 e. The van der Waals surface area contributed by atoms with Crippen molar-refractivity contribution in [2.75, 3.05) is 31.1 Å². The van der Waals surface area contributed by atoms with Gasteiger partial charge in [-0.05, 0) is 47.7 Å². The number of aromatic nitrogens is 2. The molecule has 5 rings (SSSR count). The highest BCUT2D eigenvalue weighted by atomic mass is 35.5. The summed E-state index contributed by atoms with van der Waals surface area (Å²) in [6.45, 7) is 2.97. The van der Waals surface area contributed by atoms with E-state index in [1.54, 1.807) is 0 Å². The number of carbonyl (C=O) groups excluding carboxylic acids is 1. The number of nitrogens with zero attached hydrogens (tertiary/aromatic N) is 5. The molecule has 1 amide bonds. The number of amidine groups is 1. The first kappa shape index (κ1) is 21.0. The Balaban J connectivity index is 1.23. The lowest BCUT2D eigenvalue weighted by atomic mass is 10.2. The third kappa shape index (κ3) is 4.64. The second kappa shape index (κ2) is 9.32. The predicted octanol–water partition coefficient (Wildman–Crippen LogP) is 4.78. The van der Waals surface area contributed by atoms with Crippen LogP contribution >= 0.6 is 35.1 Å². The number of aliphatic imine (C=N–C) groups is 1. The van der Waals surface area contributed by atoms with Crippen molar-refractivity contribution in [1.29, 1.82) is 0 Å². The lowest BCUT2D eigenvalue weighted by Crippen LogP contribution is -2.48. The molecule has 1 saturated heterocycles. The van der Waals surface area contributed by atoms with Gasteiger partial charge in [0.2, 0.25) is 0 Å². The standard InChI is InChI=1S/C22H18ClN5O2S2/c23-19-20(26-32-25-19)27-9-11-28(12-10-27)22-24-21(29)18(31-22)14-15-5-4-8-17(13-15)30-16-6-2-1-3-7-16/h1-8,13-14H,9-12H2. The van der Waals surface area contributed by atoms with Crippen LogP contribution < -0.4 is 9.64 Å². The van der Waals surface area contributed by atoms with Crippen LogP contribution in [0, 0.1) is 0 Å². The lowest BCUT2D eigenvalue weighted by molar-refractivity contribution is -0.113. The molecule has 1 fully saturated rings. The summed E-state index contributed by atoms with van der Waals surface area (Å²) >= 11 is 8.62. The Labute approximate surface area is 198 Å². The van der Waals surface area contributed by atoms with E-state index in [9.17, 15) is 4.79 Å². The first-order valence-corrected chi connectivity index (χ1v) is 11.9. The van der Waals surface area contributed by atoms with E-state index in [1.165, 1.54) is 11.8 Å². The fraction of sp³-hybridized carbons (Fsp3) is 0.182. The summed E-state index contributed by atoms with van der Waals surface area (Å²) in [6, 6.07) is 17.3. The minimum Gasteiger partial charge on any atom is -0.457 e. The normalized spacial score (nSPS) is 17.7. The Morgan fingerprint density at radius 2 is 1.69 bits per heavy atom. The van der Waals surface area contributed by atoms with Crippen molar-refractivity contribution < 1.29 is 9.53 Å². The maximum Gasteiger partial charge on any atom is 0.286 e. The molecular formula is C22H18ClN5O2S2. The molecule has 3 heterocycles. The SMILES string of the molecule is O=C1N=C(N2CCN(c3nsnc3Cl)CC2)SC1=Cc1cccc(Oc2ccccc2)c1. The zero-order chi connectivity index (χ0) is 21.9. The highest BCUT2D eigenvalue weighted by molar-refractivity contribution is 8.18. The van der Waals surface area contributed by atoms with E-state index < -0.39 is 0 Å². The molecule has 2 aliphatic heterocycles. The number of benzene rings is 2. The van der Waals surface area contributed by atoms with Crippen LogP contribution in [0.15, 0.2) is 64.5 Å². The van der Waals surface area contributed by atoms with Crippen molar-refractivity contribution >= 4 is 58.1 Å². The molecule has 10 heteroatoms. The molecule has 2 aliphatic rings. The largest absolute Gasteiger partial charge is 0.457 e. The molecule has 0 bridgehead atoms. The number of ether oxygens (including phenoxy) is 1. The lowest BCUT2D eigenvalue weighted by Gasteiger charge is -2.35. The molecule has 0 N–H and O–H groups in total. The van der Waals surface area contributed by atoms with Crippen molar-refractivity contribution in [3.8, 4) is 11.5 Å². The topological polar surface area (TPSA) is 70.9 Å². The van der Waals surface area contributed by atoms with Crippen LogP contribution in [0.1, 0.15) is 5.56 Å². The summed E-state index contributed by atoms with van der Waals surface area (Å²) in [6.07, 6.45) is 1.86. The molecule has 1 aromatic heterocycles. The molecular weight excluding hydrogens is 466 g/mol. The van der Waals surface area contributed by atoms with Gasteiger partial charge in [0, 0.05) is 26.2 Å². The highest BCUT2D eigenvalue weighted by Gasteiger charge is 2.29. The summed E-state index contributed by atoms with van der Waals surface area (Å²) in [5, 5.41) is 1.18. The van der Waals surface area contributed by atoms with E-state index >= 15 is 0 Å². The number of thioether (sulfide) groups is 1. The number of para-hydroxylation sites is 1. The zero-order valence-corrected chi connectivity index (χ0v) is 19.2. The van der Waals surface area contributed by atoms with Crippen LogP contribution in [0.25, 0.3) is 6.08 Å². The number of carbonyl (C=O) groups is 1. The first-order chi connectivity index (χ1) is 15.7. The van der Waals surface area contributed by atoms with Gasteiger partial charge in [-0.15, -0.1) is 0 Å². The van der Waals surface area contributed by atoms with Crippen molar-refractivity contribution in [2.24, 2.45) is 4.99 Å². The Morgan fingerprint density at radius 3 is 2.44 bits per heavy atom. The van der Waals surface area contributed by atoms with Crippen LogP contribution in [0.4, 0.5) is 5.82 Å². The molecule has 0 aliphatic carbocycles. The summed E-state index contributed by atoms with van der Waals surface area (Å²) in [5.41, 5.74) is 0.890. The zero-order valence-electron chi connectivity index (χ0n) is 16.8. The fourth-order valence-corrected chi connectivity index (χ4v) is 5.19. The van der Waals surface area contributed by atoms with Crippen LogP contribution in [0.5, 0.6) is 11.5 Å². The molecule has 0 saturated carbocycles. The van der Waals surface area contributed by atoms with E-state index in [4.69, 9.17) is 16.3 Å². The molecule has 32 heavy (non-hydrogen) atoms.